The third-order valence-corrected chi connectivity index (χ3v) is 4.59. The summed E-state index contributed by atoms with van der Waals surface area (Å²) in [6, 6.07) is 9.23. The van der Waals surface area contributed by atoms with E-state index in [1.54, 1.807) is 45.4 Å². The van der Waals surface area contributed by atoms with Crippen LogP contribution in [0, 0.1) is 0 Å². The van der Waals surface area contributed by atoms with Crippen molar-refractivity contribution in [3.8, 4) is 17.2 Å². The largest absolute Gasteiger partial charge is 0.496 e. The van der Waals surface area contributed by atoms with Crippen molar-refractivity contribution < 1.29 is 19.0 Å². The Morgan fingerprint density at radius 2 is 1.78 bits per heavy atom. The Kier molecular flexibility index (Phi) is 7.30. The third kappa shape index (κ3) is 4.83. The van der Waals surface area contributed by atoms with Gasteiger partial charge in [-0.05, 0) is 37.3 Å². The molecule has 1 amide bonds. The molecule has 27 heavy (non-hydrogen) atoms. The quantitative estimate of drug-likeness (QED) is 0.630. The molecule has 0 N–H and O–H groups in total. The zero-order valence-corrected chi connectivity index (χ0v) is 17.8. The van der Waals surface area contributed by atoms with Crippen molar-refractivity contribution in [1.29, 1.82) is 0 Å². The minimum atomic E-state index is -0.122. The van der Waals surface area contributed by atoms with Crippen molar-refractivity contribution in [2.45, 2.75) is 13.5 Å². The van der Waals surface area contributed by atoms with Crippen LogP contribution in [0.25, 0.3) is 6.08 Å². The molecule has 0 unspecified atom stereocenters. The van der Waals surface area contributed by atoms with Gasteiger partial charge in [0.2, 0.25) is 0 Å². The van der Waals surface area contributed by atoms with Crippen LogP contribution in [0.5, 0.6) is 17.2 Å². The lowest BCUT2D eigenvalue weighted by Crippen LogP contribution is -2.26. The van der Waals surface area contributed by atoms with Crippen LogP contribution in [0.1, 0.15) is 28.4 Å². The van der Waals surface area contributed by atoms with Crippen molar-refractivity contribution in [2.24, 2.45) is 0 Å². The standard InChI is InChI=1S/C21H24BrNO4/c1-6-7-14-10-15(12-19(26-4)20(14)27-5)21(24)23(2)13-16-11-17(22)8-9-18(16)25-3/h6-12H,13H2,1-5H3/b7-6+. The van der Waals surface area contributed by atoms with Gasteiger partial charge in [0.25, 0.3) is 5.91 Å². The highest BCUT2D eigenvalue weighted by Crippen LogP contribution is 2.34. The number of rotatable bonds is 7. The molecule has 6 heteroatoms. The zero-order valence-electron chi connectivity index (χ0n) is 16.2. The summed E-state index contributed by atoms with van der Waals surface area (Å²) in [7, 11) is 6.51. The number of carbonyl (C=O) groups is 1. The highest BCUT2D eigenvalue weighted by molar-refractivity contribution is 9.10. The lowest BCUT2D eigenvalue weighted by Gasteiger charge is -2.20. The Hall–Kier alpha value is -2.47. The maximum atomic E-state index is 13.0. The van der Waals surface area contributed by atoms with Crippen molar-refractivity contribution in [1.82, 2.24) is 4.90 Å². The fourth-order valence-electron chi connectivity index (χ4n) is 2.84. The van der Waals surface area contributed by atoms with E-state index in [1.165, 1.54) is 0 Å². The van der Waals surface area contributed by atoms with E-state index in [1.807, 2.05) is 37.3 Å². The lowest BCUT2D eigenvalue weighted by molar-refractivity contribution is 0.0783. The molecule has 2 rings (SSSR count). The first kappa shape index (κ1) is 20.8. The van der Waals surface area contributed by atoms with Gasteiger partial charge in [-0.3, -0.25) is 4.79 Å². The molecule has 0 radical (unpaired) electrons. The monoisotopic (exact) mass is 433 g/mol. The van der Waals surface area contributed by atoms with Crippen molar-refractivity contribution in [3.05, 3.63) is 57.6 Å². The highest BCUT2D eigenvalue weighted by atomic mass is 79.9. The number of hydrogen-bond acceptors (Lipinski definition) is 4. The van der Waals surface area contributed by atoms with E-state index in [-0.39, 0.29) is 5.91 Å². The number of ether oxygens (including phenoxy) is 3. The summed E-state index contributed by atoms with van der Waals surface area (Å²) in [5.74, 6) is 1.73. The van der Waals surface area contributed by atoms with E-state index in [0.29, 0.717) is 23.6 Å². The fraction of sp³-hybridized carbons (Fsp3) is 0.286. The molecule has 0 aromatic heterocycles. The number of allylic oxidation sites excluding steroid dienone is 1. The lowest BCUT2D eigenvalue weighted by atomic mass is 10.1. The van der Waals surface area contributed by atoms with Crippen LogP contribution < -0.4 is 14.2 Å². The summed E-state index contributed by atoms with van der Waals surface area (Å²) in [5, 5.41) is 0. The summed E-state index contributed by atoms with van der Waals surface area (Å²) in [5.41, 5.74) is 2.23. The molecule has 0 aliphatic heterocycles. The molecule has 144 valence electrons. The Labute approximate surface area is 168 Å². The Morgan fingerprint density at radius 3 is 2.37 bits per heavy atom. The first-order valence-corrected chi connectivity index (χ1v) is 9.21. The van der Waals surface area contributed by atoms with Crippen LogP contribution in [-0.2, 0) is 6.54 Å². The predicted molar refractivity (Wildman–Crippen MR) is 111 cm³/mol. The molecule has 0 aliphatic carbocycles. The van der Waals surface area contributed by atoms with E-state index in [2.05, 4.69) is 15.9 Å². The molecular weight excluding hydrogens is 410 g/mol. The van der Waals surface area contributed by atoms with Gasteiger partial charge in [-0.2, -0.15) is 0 Å². The highest BCUT2D eigenvalue weighted by Gasteiger charge is 2.19. The normalized spacial score (nSPS) is 10.7. The van der Waals surface area contributed by atoms with Crippen LogP contribution in [0.4, 0.5) is 0 Å². The number of halogens is 1. The molecule has 0 fully saturated rings. The van der Waals surface area contributed by atoms with E-state index >= 15 is 0 Å². The smallest absolute Gasteiger partial charge is 0.254 e. The van der Waals surface area contributed by atoms with Gasteiger partial charge in [-0.15, -0.1) is 0 Å². The topological polar surface area (TPSA) is 48.0 Å². The molecule has 0 saturated heterocycles. The summed E-state index contributed by atoms with van der Waals surface area (Å²) in [6.07, 6.45) is 3.77. The van der Waals surface area contributed by atoms with Gasteiger partial charge in [-0.25, -0.2) is 0 Å². The summed E-state index contributed by atoms with van der Waals surface area (Å²) >= 11 is 3.46. The molecule has 5 nitrogen and oxygen atoms in total. The second kappa shape index (κ2) is 9.46. The third-order valence-electron chi connectivity index (χ3n) is 4.10. The summed E-state index contributed by atoms with van der Waals surface area (Å²) in [4.78, 5) is 14.7. The van der Waals surface area contributed by atoms with Crippen LogP contribution >= 0.6 is 15.9 Å². The van der Waals surface area contributed by atoms with Gasteiger partial charge in [0.15, 0.2) is 11.5 Å². The van der Waals surface area contributed by atoms with Gasteiger partial charge in [0.05, 0.1) is 21.3 Å². The van der Waals surface area contributed by atoms with Crippen LogP contribution in [0.15, 0.2) is 40.9 Å². The van der Waals surface area contributed by atoms with Crippen molar-refractivity contribution in [2.75, 3.05) is 28.4 Å². The maximum absolute atomic E-state index is 13.0. The van der Waals surface area contributed by atoms with E-state index < -0.39 is 0 Å². The summed E-state index contributed by atoms with van der Waals surface area (Å²) in [6.45, 7) is 2.32. The Bertz CT molecular complexity index is 848. The molecular formula is C21H24BrNO4. The number of nitrogens with zero attached hydrogens (tertiary/aromatic N) is 1. The van der Waals surface area contributed by atoms with Crippen molar-refractivity contribution >= 4 is 27.9 Å². The number of benzene rings is 2. The van der Waals surface area contributed by atoms with Crippen LogP contribution in [0.3, 0.4) is 0 Å². The van der Waals surface area contributed by atoms with Gasteiger partial charge in [-0.1, -0.05) is 28.1 Å². The van der Waals surface area contributed by atoms with Crippen molar-refractivity contribution in [3.63, 3.8) is 0 Å². The Balaban J connectivity index is 2.36. The van der Waals surface area contributed by atoms with E-state index in [4.69, 9.17) is 14.2 Å². The van der Waals surface area contributed by atoms with Crippen LogP contribution in [-0.4, -0.2) is 39.2 Å². The fourth-order valence-corrected chi connectivity index (χ4v) is 3.25. The maximum Gasteiger partial charge on any atom is 0.254 e. The number of carbonyl (C=O) groups excluding carboxylic acids is 1. The Morgan fingerprint density at radius 1 is 1.07 bits per heavy atom. The predicted octanol–water partition coefficient (Wildman–Crippen LogP) is 4.78. The minimum absolute atomic E-state index is 0.122. The molecule has 0 saturated carbocycles. The molecule has 0 heterocycles. The minimum Gasteiger partial charge on any atom is -0.496 e. The first-order valence-electron chi connectivity index (χ1n) is 8.41. The molecule has 0 bridgehead atoms. The van der Waals surface area contributed by atoms with Gasteiger partial charge in [0.1, 0.15) is 5.75 Å². The van der Waals surface area contributed by atoms with E-state index in [0.717, 1.165) is 21.3 Å². The van der Waals surface area contributed by atoms with Gasteiger partial charge in [0, 0.05) is 34.8 Å². The number of amides is 1. The van der Waals surface area contributed by atoms with Gasteiger partial charge >= 0.3 is 0 Å². The summed E-state index contributed by atoms with van der Waals surface area (Å²) < 4.78 is 17.2. The zero-order chi connectivity index (χ0) is 20.0. The molecule has 0 aliphatic rings. The SMILES string of the molecule is C/C=C/c1cc(C(=O)N(C)Cc2cc(Br)ccc2OC)cc(OC)c1OC. The number of methoxy groups -OCH3 is 3. The average molecular weight is 434 g/mol. The second-order valence-corrected chi connectivity index (χ2v) is 6.83. The second-order valence-electron chi connectivity index (χ2n) is 5.92. The van der Waals surface area contributed by atoms with Crippen LogP contribution in [0.2, 0.25) is 0 Å². The van der Waals surface area contributed by atoms with Gasteiger partial charge < -0.3 is 19.1 Å². The molecule has 0 spiro atoms. The molecule has 2 aromatic carbocycles. The molecule has 0 atom stereocenters. The first-order chi connectivity index (χ1) is 12.9. The van der Waals surface area contributed by atoms with E-state index in [9.17, 15) is 4.79 Å². The molecule has 2 aromatic rings. The average Bonchev–Trinajstić information content (AvgIpc) is 2.67. The number of hydrogen-bond donors (Lipinski definition) is 0.